The molecule has 1 aromatic rings. The molecular weight excluding hydrogens is 261 g/mol. The first-order chi connectivity index (χ1) is 9.94. The van der Waals surface area contributed by atoms with Gasteiger partial charge in [-0.2, -0.15) is 0 Å². The fourth-order valence-corrected chi connectivity index (χ4v) is 3.93. The number of rotatable bonds is 2. The van der Waals surface area contributed by atoms with E-state index in [2.05, 4.69) is 24.8 Å². The van der Waals surface area contributed by atoms with Crippen LogP contribution in [0, 0.1) is 18.2 Å². The minimum atomic E-state index is -0.106. The molecule has 0 bridgehead atoms. The lowest BCUT2D eigenvalue weighted by atomic mass is 9.75. The Morgan fingerprint density at radius 2 is 1.90 bits per heavy atom. The number of nitrogens with zero attached hydrogens (tertiary/aromatic N) is 1. The Labute approximate surface area is 127 Å². The Balaban J connectivity index is 1.89. The quantitative estimate of drug-likeness (QED) is 0.755. The highest BCUT2D eigenvalue weighted by atomic mass is 19.1. The molecule has 1 aliphatic heterocycles. The van der Waals surface area contributed by atoms with E-state index >= 15 is 0 Å². The van der Waals surface area contributed by atoms with Gasteiger partial charge in [0.25, 0.3) is 0 Å². The Morgan fingerprint density at radius 3 is 2.57 bits per heavy atom. The van der Waals surface area contributed by atoms with Crippen molar-refractivity contribution in [3.63, 3.8) is 0 Å². The van der Waals surface area contributed by atoms with Gasteiger partial charge in [0, 0.05) is 6.04 Å². The highest BCUT2D eigenvalue weighted by Crippen LogP contribution is 2.40. The lowest BCUT2D eigenvalue weighted by Crippen LogP contribution is -2.38. The molecule has 0 aromatic heterocycles. The summed E-state index contributed by atoms with van der Waals surface area (Å²) < 4.78 is 13.5. The SMILES string of the molecule is Cc1cc(C2=CC(C)(C)CC(N3CCCC3)C2)ccc1F. The maximum atomic E-state index is 13.5. The first-order valence-electron chi connectivity index (χ1n) is 8.17. The van der Waals surface area contributed by atoms with Crippen molar-refractivity contribution >= 4 is 5.57 Å². The van der Waals surface area contributed by atoms with Gasteiger partial charge in [-0.3, -0.25) is 0 Å². The fraction of sp³-hybridized carbons (Fsp3) is 0.579. The topological polar surface area (TPSA) is 3.24 Å². The summed E-state index contributed by atoms with van der Waals surface area (Å²) >= 11 is 0. The van der Waals surface area contributed by atoms with Crippen LogP contribution < -0.4 is 0 Å². The molecule has 2 aliphatic rings. The molecule has 114 valence electrons. The van der Waals surface area contributed by atoms with Crippen LogP contribution in [0.4, 0.5) is 4.39 Å². The maximum absolute atomic E-state index is 13.5. The van der Waals surface area contributed by atoms with Gasteiger partial charge in [0.05, 0.1) is 0 Å². The predicted octanol–water partition coefficient (Wildman–Crippen LogP) is 4.80. The third kappa shape index (κ3) is 3.21. The molecule has 1 fully saturated rings. The molecule has 1 aliphatic carbocycles. The van der Waals surface area contributed by atoms with E-state index in [0.29, 0.717) is 6.04 Å². The van der Waals surface area contributed by atoms with Gasteiger partial charge in [-0.1, -0.05) is 26.0 Å². The van der Waals surface area contributed by atoms with E-state index < -0.39 is 0 Å². The van der Waals surface area contributed by atoms with E-state index in [0.717, 1.165) is 12.0 Å². The van der Waals surface area contributed by atoms with Crippen molar-refractivity contribution in [2.45, 2.75) is 52.5 Å². The summed E-state index contributed by atoms with van der Waals surface area (Å²) in [5.74, 6) is -0.106. The van der Waals surface area contributed by atoms with Gasteiger partial charge in [0.15, 0.2) is 0 Å². The van der Waals surface area contributed by atoms with Crippen LogP contribution >= 0.6 is 0 Å². The molecule has 2 heteroatoms. The van der Waals surface area contributed by atoms with E-state index in [4.69, 9.17) is 0 Å². The second-order valence-corrected chi connectivity index (χ2v) is 7.43. The highest BCUT2D eigenvalue weighted by molar-refractivity contribution is 5.68. The minimum Gasteiger partial charge on any atom is -0.300 e. The van der Waals surface area contributed by atoms with E-state index in [-0.39, 0.29) is 11.2 Å². The van der Waals surface area contributed by atoms with Gasteiger partial charge in [-0.15, -0.1) is 0 Å². The third-order valence-electron chi connectivity index (χ3n) is 4.97. The number of benzene rings is 1. The lowest BCUT2D eigenvalue weighted by Gasteiger charge is -2.39. The average Bonchev–Trinajstić information content (AvgIpc) is 2.94. The Bertz CT molecular complexity index is 553. The lowest BCUT2D eigenvalue weighted by molar-refractivity contribution is 0.186. The zero-order valence-electron chi connectivity index (χ0n) is 13.5. The summed E-state index contributed by atoms with van der Waals surface area (Å²) in [7, 11) is 0. The van der Waals surface area contributed by atoms with Gasteiger partial charge >= 0.3 is 0 Å². The summed E-state index contributed by atoms with van der Waals surface area (Å²) in [6.45, 7) is 9.00. The number of hydrogen-bond donors (Lipinski definition) is 0. The van der Waals surface area contributed by atoms with Crippen LogP contribution in [0.1, 0.15) is 50.7 Å². The highest BCUT2D eigenvalue weighted by Gasteiger charge is 2.32. The Kier molecular flexibility index (Phi) is 3.92. The molecule has 0 spiro atoms. The molecule has 0 N–H and O–H groups in total. The normalized spacial score (nSPS) is 25.9. The zero-order chi connectivity index (χ0) is 15.0. The Hall–Kier alpha value is -1.15. The van der Waals surface area contributed by atoms with Crippen LogP contribution in [0.25, 0.3) is 5.57 Å². The van der Waals surface area contributed by atoms with Crippen molar-refractivity contribution in [1.82, 2.24) is 4.90 Å². The number of halogens is 1. The van der Waals surface area contributed by atoms with Gasteiger partial charge in [0.2, 0.25) is 0 Å². The fourth-order valence-electron chi connectivity index (χ4n) is 3.93. The first kappa shape index (κ1) is 14.8. The molecule has 0 radical (unpaired) electrons. The number of hydrogen-bond acceptors (Lipinski definition) is 1. The maximum Gasteiger partial charge on any atom is 0.126 e. The number of allylic oxidation sites excluding steroid dienone is 1. The second-order valence-electron chi connectivity index (χ2n) is 7.43. The second kappa shape index (κ2) is 5.57. The van der Waals surface area contributed by atoms with E-state index in [1.165, 1.54) is 43.5 Å². The molecule has 3 rings (SSSR count). The molecule has 1 nitrogen and oxygen atoms in total. The van der Waals surface area contributed by atoms with Gasteiger partial charge < -0.3 is 4.90 Å². The molecule has 1 aromatic carbocycles. The van der Waals surface area contributed by atoms with Crippen molar-refractivity contribution in [2.75, 3.05) is 13.1 Å². The van der Waals surface area contributed by atoms with Gasteiger partial charge in [-0.05, 0) is 79.9 Å². The predicted molar refractivity (Wildman–Crippen MR) is 86.7 cm³/mol. The van der Waals surface area contributed by atoms with Gasteiger partial charge in [0.1, 0.15) is 5.82 Å². The standard InChI is InChI=1S/C19H26FN/c1-14-10-15(6-7-18(14)20)16-11-17(13-19(2,3)12-16)21-8-4-5-9-21/h6-7,10,12,17H,4-5,8-9,11,13H2,1-3H3. The van der Waals surface area contributed by atoms with E-state index in [9.17, 15) is 4.39 Å². The first-order valence-corrected chi connectivity index (χ1v) is 8.17. The molecular formula is C19H26FN. The van der Waals surface area contributed by atoms with Crippen molar-refractivity contribution < 1.29 is 4.39 Å². The van der Waals surface area contributed by atoms with Crippen LogP contribution in [0.2, 0.25) is 0 Å². The molecule has 1 saturated heterocycles. The van der Waals surface area contributed by atoms with Crippen molar-refractivity contribution in [1.29, 1.82) is 0 Å². The summed E-state index contributed by atoms with van der Waals surface area (Å²) in [5.41, 5.74) is 3.56. The van der Waals surface area contributed by atoms with Gasteiger partial charge in [-0.25, -0.2) is 4.39 Å². The number of likely N-dealkylation sites (tertiary alicyclic amines) is 1. The molecule has 1 unspecified atom stereocenters. The molecule has 0 amide bonds. The summed E-state index contributed by atoms with van der Waals surface area (Å²) in [6.07, 6.45) is 7.43. The largest absolute Gasteiger partial charge is 0.300 e. The van der Waals surface area contributed by atoms with Crippen LogP contribution in [0.3, 0.4) is 0 Å². The van der Waals surface area contributed by atoms with Crippen molar-refractivity contribution in [2.24, 2.45) is 5.41 Å². The third-order valence-corrected chi connectivity index (χ3v) is 4.97. The summed E-state index contributed by atoms with van der Waals surface area (Å²) in [6, 6.07) is 6.20. The number of aryl methyl sites for hydroxylation is 1. The van der Waals surface area contributed by atoms with Crippen LogP contribution in [-0.4, -0.2) is 24.0 Å². The van der Waals surface area contributed by atoms with Crippen molar-refractivity contribution in [3.8, 4) is 0 Å². The minimum absolute atomic E-state index is 0.106. The average molecular weight is 287 g/mol. The van der Waals surface area contributed by atoms with Crippen LogP contribution in [0.15, 0.2) is 24.3 Å². The molecule has 1 heterocycles. The van der Waals surface area contributed by atoms with E-state index in [1.807, 2.05) is 19.1 Å². The molecule has 21 heavy (non-hydrogen) atoms. The molecule has 1 atom stereocenters. The smallest absolute Gasteiger partial charge is 0.126 e. The summed E-state index contributed by atoms with van der Waals surface area (Å²) in [4.78, 5) is 2.66. The van der Waals surface area contributed by atoms with E-state index in [1.54, 1.807) is 6.07 Å². The van der Waals surface area contributed by atoms with Crippen molar-refractivity contribution in [3.05, 3.63) is 41.2 Å². The summed E-state index contributed by atoms with van der Waals surface area (Å²) in [5, 5.41) is 0. The zero-order valence-corrected chi connectivity index (χ0v) is 13.5. The molecule has 0 saturated carbocycles. The monoisotopic (exact) mass is 287 g/mol. The van der Waals surface area contributed by atoms with Crippen LogP contribution in [-0.2, 0) is 0 Å². The Morgan fingerprint density at radius 1 is 1.19 bits per heavy atom. The van der Waals surface area contributed by atoms with Crippen LogP contribution in [0.5, 0.6) is 0 Å².